The summed E-state index contributed by atoms with van der Waals surface area (Å²) in [5, 5.41) is 11.7. The molecular formula is C23H25N5O2S. The van der Waals surface area contributed by atoms with Crippen LogP contribution in [0.1, 0.15) is 31.1 Å². The summed E-state index contributed by atoms with van der Waals surface area (Å²) in [5.74, 6) is 0.511. The van der Waals surface area contributed by atoms with Crippen molar-refractivity contribution in [1.82, 2.24) is 19.7 Å². The van der Waals surface area contributed by atoms with Gasteiger partial charge in [-0.15, -0.1) is 16.8 Å². The van der Waals surface area contributed by atoms with Gasteiger partial charge in [0.15, 0.2) is 16.8 Å². The molecule has 0 aliphatic carbocycles. The fraction of sp³-hybridized carbons (Fsp3) is 0.261. The van der Waals surface area contributed by atoms with E-state index >= 15 is 0 Å². The van der Waals surface area contributed by atoms with Gasteiger partial charge < -0.3 is 5.32 Å². The minimum absolute atomic E-state index is 0.0228. The number of thioether (sulfide) groups is 1. The maximum Gasteiger partial charge on any atom is 0.226 e. The lowest BCUT2D eigenvalue weighted by molar-refractivity contribution is -0.118. The molecule has 0 aliphatic rings. The second-order valence-electron chi connectivity index (χ2n) is 7.29. The summed E-state index contributed by atoms with van der Waals surface area (Å²) in [6.45, 7) is 9.85. The number of pyridine rings is 1. The van der Waals surface area contributed by atoms with Crippen molar-refractivity contribution in [2.75, 3.05) is 5.32 Å². The average Bonchev–Trinajstić information content (AvgIpc) is 3.16. The van der Waals surface area contributed by atoms with Gasteiger partial charge in [0.05, 0.1) is 5.25 Å². The Balaban J connectivity index is 1.74. The molecule has 0 fully saturated rings. The molecule has 0 spiro atoms. The number of amides is 1. The molecule has 1 atom stereocenters. The molecule has 8 heteroatoms. The second-order valence-corrected chi connectivity index (χ2v) is 8.59. The molecular weight excluding hydrogens is 410 g/mol. The van der Waals surface area contributed by atoms with Gasteiger partial charge in [0, 0.05) is 41.7 Å². The number of carbonyl (C=O) groups is 2. The van der Waals surface area contributed by atoms with Gasteiger partial charge in [-0.3, -0.25) is 19.1 Å². The van der Waals surface area contributed by atoms with E-state index < -0.39 is 0 Å². The molecule has 0 radical (unpaired) electrons. The maximum absolute atomic E-state index is 12.9. The van der Waals surface area contributed by atoms with Crippen LogP contribution >= 0.6 is 11.8 Å². The van der Waals surface area contributed by atoms with E-state index in [1.54, 1.807) is 42.7 Å². The van der Waals surface area contributed by atoms with Crippen LogP contribution in [0.3, 0.4) is 0 Å². The summed E-state index contributed by atoms with van der Waals surface area (Å²) >= 11 is 1.35. The highest BCUT2D eigenvalue weighted by atomic mass is 32.2. The minimum Gasteiger partial charge on any atom is -0.326 e. The summed E-state index contributed by atoms with van der Waals surface area (Å²) < 4.78 is 1.93. The summed E-state index contributed by atoms with van der Waals surface area (Å²) in [6, 6.07) is 10.7. The molecule has 1 aromatic carbocycles. The molecule has 2 heterocycles. The van der Waals surface area contributed by atoms with E-state index in [4.69, 9.17) is 0 Å². The third-order valence-electron chi connectivity index (χ3n) is 4.58. The van der Waals surface area contributed by atoms with Crippen LogP contribution in [0.4, 0.5) is 5.69 Å². The number of allylic oxidation sites excluding steroid dienone is 1. The van der Waals surface area contributed by atoms with Crippen molar-refractivity contribution in [3.63, 3.8) is 0 Å². The first-order valence-corrected chi connectivity index (χ1v) is 10.8. The van der Waals surface area contributed by atoms with Crippen LogP contribution in [0.5, 0.6) is 0 Å². The molecule has 0 saturated carbocycles. The number of nitrogens with zero attached hydrogens (tertiary/aromatic N) is 4. The predicted octanol–water partition coefficient (Wildman–Crippen LogP) is 4.48. The van der Waals surface area contributed by atoms with Gasteiger partial charge in [-0.1, -0.05) is 31.7 Å². The molecule has 3 aromatic rings. The van der Waals surface area contributed by atoms with E-state index in [-0.39, 0.29) is 22.9 Å². The lowest BCUT2D eigenvalue weighted by Gasteiger charge is -2.12. The van der Waals surface area contributed by atoms with Crippen molar-refractivity contribution in [3.05, 3.63) is 67.0 Å². The first kappa shape index (κ1) is 22.4. The van der Waals surface area contributed by atoms with Crippen molar-refractivity contribution in [1.29, 1.82) is 0 Å². The molecule has 0 bridgehead atoms. The number of aromatic nitrogens is 4. The zero-order valence-corrected chi connectivity index (χ0v) is 18.6. The highest BCUT2D eigenvalue weighted by molar-refractivity contribution is 8.00. The Morgan fingerprint density at radius 2 is 1.77 bits per heavy atom. The van der Waals surface area contributed by atoms with Crippen LogP contribution in [0.2, 0.25) is 0 Å². The van der Waals surface area contributed by atoms with Gasteiger partial charge in [0.1, 0.15) is 0 Å². The number of Topliss-reactive ketones (excluding diaryl/α,β-unsaturated/α-hetero) is 1. The monoisotopic (exact) mass is 435 g/mol. The Morgan fingerprint density at radius 3 is 2.39 bits per heavy atom. The van der Waals surface area contributed by atoms with Gasteiger partial charge in [-0.05, 0) is 43.3 Å². The summed E-state index contributed by atoms with van der Waals surface area (Å²) in [5.41, 5.74) is 2.14. The van der Waals surface area contributed by atoms with Crippen LogP contribution in [0.25, 0.3) is 11.4 Å². The highest BCUT2D eigenvalue weighted by Crippen LogP contribution is 2.28. The highest BCUT2D eigenvalue weighted by Gasteiger charge is 2.21. The summed E-state index contributed by atoms with van der Waals surface area (Å²) in [6.07, 6.45) is 5.18. The van der Waals surface area contributed by atoms with Crippen LogP contribution in [-0.2, 0) is 11.3 Å². The first-order valence-electron chi connectivity index (χ1n) is 9.97. The van der Waals surface area contributed by atoms with Gasteiger partial charge >= 0.3 is 0 Å². The summed E-state index contributed by atoms with van der Waals surface area (Å²) in [7, 11) is 0. The van der Waals surface area contributed by atoms with E-state index in [0.29, 0.717) is 28.8 Å². The van der Waals surface area contributed by atoms with Crippen molar-refractivity contribution in [2.45, 2.75) is 37.7 Å². The third kappa shape index (κ3) is 5.46. The van der Waals surface area contributed by atoms with E-state index in [9.17, 15) is 9.59 Å². The molecule has 7 nitrogen and oxygen atoms in total. The maximum atomic E-state index is 12.9. The Kier molecular flexibility index (Phi) is 7.36. The second kappa shape index (κ2) is 10.2. The molecule has 31 heavy (non-hydrogen) atoms. The molecule has 1 amide bonds. The largest absolute Gasteiger partial charge is 0.326 e. The van der Waals surface area contributed by atoms with Crippen molar-refractivity contribution in [2.24, 2.45) is 5.92 Å². The number of hydrogen-bond acceptors (Lipinski definition) is 6. The molecule has 160 valence electrons. The van der Waals surface area contributed by atoms with Gasteiger partial charge in [-0.25, -0.2) is 0 Å². The normalized spacial score (nSPS) is 11.9. The number of carbonyl (C=O) groups excluding carboxylic acids is 2. The fourth-order valence-electron chi connectivity index (χ4n) is 2.83. The third-order valence-corrected chi connectivity index (χ3v) is 5.66. The topological polar surface area (TPSA) is 89.8 Å². The molecule has 1 N–H and O–H groups in total. The number of ketones is 1. The van der Waals surface area contributed by atoms with E-state index in [1.165, 1.54) is 11.8 Å². The number of rotatable bonds is 9. The van der Waals surface area contributed by atoms with Crippen molar-refractivity contribution < 1.29 is 9.59 Å². The SMILES string of the molecule is C=CCn1c(S[C@H](C)C(=O)c2ccc(NC(=O)C(C)C)cc2)nnc1-c1ccncc1. The number of nitrogens with one attached hydrogen (secondary N) is 1. The van der Waals surface area contributed by atoms with Gasteiger partial charge in [0.2, 0.25) is 5.91 Å². The molecule has 0 saturated heterocycles. The average molecular weight is 436 g/mol. The quantitative estimate of drug-likeness (QED) is 0.303. The first-order chi connectivity index (χ1) is 14.9. The zero-order valence-electron chi connectivity index (χ0n) is 17.8. The van der Waals surface area contributed by atoms with Crippen molar-refractivity contribution in [3.8, 4) is 11.4 Å². The Morgan fingerprint density at radius 1 is 1.10 bits per heavy atom. The van der Waals surface area contributed by atoms with Crippen LogP contribution < -0.4 is 5.32 Å². The standard InChI is InChI=1S/C23H25N5O2S/c1-5-14-28-21(18-10-12-24-13-11-18)26-27-23(28)31-16(4)20(29)17-6-8-19(9-7-17)25-22(30)15(2)3/h5-13,15-16H,1,14H2,2-4H3,(H,25,30)/t16-/m1/s1. The molecule has 2 aromatic heterocycles. The molecule has 3 rings (SSSR count). The lowest BCUT2D eigenvalue weighted by atomic mass is 10.1. The van der Waals surface area contributed by atoms with Gasteiger partial charge in [-0.2, -0.15) is 0 Å². The van der Waals surface area contributed by atoms with Gasteiger partial charge in [0.25, 0.3) is 0 Å². The predicted molar refractivity (Wildman–Crippen MR) is 123 cm³/mol. The molecule has 0 aliphatic heterocycles. The number of anilines is 1. The lowest BCUT2D eigenvalue weighted by Crippen LogP contribution is -2.18. The van der Waals surface area contributed by atoms with E-state index in [2.05, 4.69) is 27.1 Å². The fourth-order valence-corrected chi connectivity index (χ4v) is 3.77. The smallest absolute Gasteiger partial charge is 0.226 e. The van der Waals surface area contributed by atoms with Crippen molar-refractivity contribution >= 4 is 29.1 Å². The summed E-state index contributed by atoms with van der Waals surface area (Å²) in [4.78, 5) is 28.8. The minimum atomic E-state index is -0.367. The Bertz CT molecular complexity index is 1060. The Labute approximate surface area is 186 Å². The Hall–Kier alpha value is -3.26. The number of benzene rings is 1. The zero-order chi connectivity index (χ0) is 22.4. The van der Waals surface area contributed by atoms with Crippen LogP contribution in [-0.4, -0.2) is 36.7 Å². The van der Waals surface area contributed by atoms with Crippen LogP contribution in [0, 0.1) is 5.92 Å². The van der Waals surface area contributed by atoms with E-state index in [1.807, 2.05) is 37.5 Å². The molecule has 0 unspecified atom stereocenters. The van der Waals surface area contributed by atoms with Crippen LogP contribution in [0.15, 0.2) is 66.6 Å². The number of hydrogen-bond donors (Lipinski definition) is 1. The van der Waals surface area contributed by atoms with E-state index in [0.717, 1.165) is 5.56 Å².